The molecule has 1 aliphatic heterocycles. The molecule has 2 aromatic rings. The van der Waals surface area contributed by atoms with Crippen molar-refractivity contribution in [1.29, 1.82) is 0 Å². The van der Waals surface area contributed by atoms with Crippen LogP contribution in [0.15, 0.2) is 42.5 Å². The summed E-state index contributed by atoms with van der Waals surface area (Å²) in [6.45, 7) is 3.06. The van der Waals surface area contributed by atoms with Crippen molar-refractivity contribution in [3.8, 4) is 5.75 Å². The number of halogens is 1. The molecule has 0 aromatic heterocycles. The highest BCUT2D eigenvalue weighted by Gasteiger charge is 2.49. The van der Waals surface area contributed by atoms with Crippen molar-refractivity contribution in [3.05, 3.63) is 58.6 Å². The maximum Gasteiger partial charge on any atom is 0.325 e. The van der Waals surface area contributed by atoms with E-state index < -0.39 is 29.9 Å². The van der Waals surface area contributed by atoms with Crippen LogP contribution in [0.25, 0.3) is 0 Å². The first-order valence-corrected chi connectivity index (χ1v) is 8.97. The molecule has 0 spiro atoms. The molecule has 0 radical (unpaired) electrons. The Morgan fingerprint density at radius 3 is 2.64 bits per heavy atom. The predicted octanol–water partition coefficient (Wildman–Crippen LogP) is 3.06. The zero-order valence-electron chi connectivity index (χ0n) is 15.7. The average molecular weight is 402 g/mol. The lowest BCUT2D eigenvalue weighted by atomic mass is 9.90. The molecule has 3 rings (SSSR count). The number of hydrogen-bond donors (Lipinski definition) is 2. The van der Waals surface area contributed by atoms with Crippen LogP contribution in [0.3, 0.4) is 0 Å². The lowest BCUT2D eigenvalue weighted by Crippen LogP contribution is -2.42. The first kappa shape index (κ1) is 19.7. The third-order valence-electron chi connectivity index (χ3n) is 4.66. The Bertz CT molecular complexity index is 962. The van der Waals surface area contributed by atoms with Crippen molar-refractivity contribution < 1.29 is 19.1 Å². The van der Waals surface area contributed by atoms with Gasteiger partial charge in [0.15, 0.2) is 0 Å². The van der Waals surface area contributed by atoms with Gasteiger partial charge >= 0.3 is 6.03 Å². The van der Waals surface area contributed by atoms with Gasteiger partial charge in [-0.15, -0.1) is 0 Å². The molecule has 1 fully saturated rings. The van der Waals surface area contributed by atoms with Crippen LogP contribution in [-0.4, -0.2) is 36.4 Å². The van der Waals surface area contributed by atoms with E-state index in [-0.39, 0.29) is 0 Å². The van der Waals surface area contributed by atoms with Crippen molar-refractivity contribution in [3.63, 3.8) is 0 Å². The van der Waals surface area contributed by atoms with Crippen LogP contribution < -0.4 is 15.4 Å². The highest BCUT2D eigenvalue weighted by Crippen LogP contribution is 2.31. The van der Waals surface area contributed by atoms with Crippen molar-refractivity contribution in [1.82, 2.24) is 10.2 Å². The van der Waals surface area contributed by atoms with E-state index in [2.05, 4.69) is 10.6 Å². The highest BCUT2D eigenvalue weighted by molar-refractivity contribution is 6.30. The Labute approximate surface area is 167 Å². The van der Waals surface area contributed by atoms with Crippen molar-refractivity contribution in [2.24, 2.45) is 0 Å². The molecule has 7 nitrogen and oxygen atoms in total. The van der Waals surface area contributed by atoms with Gasteiger partial charge in [0.05, 0.1) is 7.11 Å². The van der Waals surface area contributed by atoms with Gasteiger partial charge in [-0.3, -0.25) is 14.5 Å². The third-order valence-corrected chi connectivity index (χ3v) is 4.89. The fourth-order valence-corrected chi connectivity index (χ4v) is 3.33. The lowest BCUT2D eigenvalue weighted by Gasteiger charge is -2.23. The largest absolute Gasteiger partial charge is 0.496 e. The Morgan fingerprint density at radius 1 is 1.25 bits per heavy atom. The fraction of sp³-hybridized carbons (Fsp3) is 0.250. The molecule has 28 heavy (non-hydrogen) atoms. The minimum Gasteiger partial charge on any atom is -0.496 e. The monoisotopic (exact) mass is 401 g/mol. The molecule has 2 aromatic carbocycles. The molecule has 8 heteroatoms. The van der Waals surface area contributed by atoms with Gasteiger partial charge in [-0.25, -0.2) is 4.79 Å². The smallest absolute Gasteiger partial charge is 0.325 e. The van der Waals surface area contributed by atoms with Gasteiger partial charge in [0.1, 0.15) is 17.8 Å². The summed E-state index contributed by atoms with van der Waals surface area (Å²) in [6.07, 6.45) is 0. The molecule has 146 valence electrons. The van der Waals surface area contributed by atoms with Gasteiger partial charge in [-0.05, 0) is 55.3 Å². The van der Waals surface area contributed by atoms with Gasteiger partial charge in [0.2, 0.25) is 5.91 Å². The molecule has 1 unspecified atom stereocenters. The van der Waals surface area contributed by atoms with Gasteiger partial charge < -0.3 is 15.4 Å². The van der Waals surface area contributed by atoms with E-state index in [9.17, 15) is 14.4 Å². The molecule has 2 N–H and O–H groups in total. The van der Waals surface area contributed by atoms with Crippen molar-refractivity contribution in [2.45, 2.75) is 19.4 Å². The van der Waals surface area contributed by atoms with E-state index in [0.717, 1.165) is 10.5 Å². The lowest BCUT2D eigenvalue weighted by molar-refractivity contribution is -0.133. The van der Waals surface area contributed by atoms with Crippen molar-refractivity contribution >= 4 is 35.1 Å². The summed E-state index contributed by atoms with van der Waals surface area (Å²) in [5.41, 5.74) is 0.671. The summed E-state index contributed by atoms with van der Waals surface area (Å²) in [7, 11) is 1.56. The number of nitrogens with one attached hydrogen (secondary N) is 2. The van der Waals surface area contributed by atoms with E-state index in [1.807, 2.05) is 6.92 Å². The topological polar surface area (TPSA) is 87.7 Å². The summed E-state index contributed by atoms with van der Waals surface area (Å²) in [5, 5.41) is 5.78. The Kier molecular flexibility index (Phi) is 5.29. The highest BCUT2D eigenvalue weighted by atomic mass is 35.5. The first-order valence-electron chi connectivity index (χ1n) is 8.59. The van der Waals surface area contributed by atoms with E-state index in [0.29, 0.717) is 22.0 Å². The molecule has 0 saturated carbocycles. The number of ether oxygens (including phenoxy) is 1. The van der Waals surface area contributed by atoms with Crippen LogP contribution in [0.2, 0.25) is 5.02 Å². The van der Waals surface area contributed by atoms with Crippen molar-refractivity contribution in [2.75, 3.05) is 19.0 Å². The number of nitrogens with zero attached hydrogens (tertiary/aromatic N) is 1. The van der Waals surface area contributed by atoms with E-state index in [1.165, 1.54) is 0 Å². The number of anilines is 1. The van der Waals surface area contributed by atoms with Crippen LogP contribution >= 0.6 is 11.6 Å². The number of hydrogen-bond acceptors (Lipinski definition) is 4. The molecular formula is C20H20ClN3O4. The number of carbonyl (C=O) groups is 3. The number of amides is 4. The SMILES string of the molecule is COc1ccc(C2(C)NC(=O)N(CC(=O)Nc3cccc(Cl)c3)C2=O)cc1C. The minimum absolute atomic E-state index is 0.401. The fourth-order valence-electron chi connectivity index (χ4n) is 3.14. The number of carbonyl (C=O) groups excluding carboxylic acids is 3. The second-order valence-electron chi connectivity index (χ2n) is 6.69. The summed E-state index contributed by atoms with van der Waals surface area (Å²) in [5.74, 6) is -0.314. The van der Waals surface area contributed by atoms with Gasteiger partial charge in [0, 0.05) is 10.7 Å². The maximum atomic E-state index is 13.0. The molecule has 1 atom stereocenters. The van der Waals surface area contributed by atoms with E-state index in [4.69, 9.17) is 16.3 Å². The summed E-state index contributed by atoms with van der Waals surface area (Å²) in [4.78, 5) is 38.6. The number of methoxy groups -OCH3 is 1. The first-order chi connectivity index (χ1) is 13.2. The normalized spacial score (nSPS) is 18.8. The average Bonchev–Trinajstić information content (AvgIpc) is 2.85. The number of imide groups is 1. The van der Waals surface area contributed by atoms with Crippen LogP contribution in [0.4, 0.5) is 10.5 Å². The van der Waals surface area contributed by atoms with Gasteiger partial charge in [-0.1, -0.05) is 23.7 Å². The second-order valence-corrected chi connectivity index (χ2v) is 7.13. The Balaban J connectivity index is 1.77. The second kappa shape index (κ2) is 7.52. The standard InChI is InChI=1S/C20H20ClN3O4/c1-12-9-13(7-8-16(12)28-3)20(2)18(26)24(19(27)23-20)11-17(25)22-15-6-4-5-14(21)10-15/h4-10H,11H2,1-3H3,(H,22,25)(H,23,27). The minimum atomic E-state index is -1.26. The number of benzene rings is 2. The Morgan fingerprint density at radius 2 is 2.00 bits per heavy atom. The molecular weight excluding hydrogens is 382 g/mol. The quantitative estimate of drug-likeness (QED) is 0.754. The summed E-state index contributed by atoms with van der Waals surface area (Å²) in [6, 6.07) is 11.2. The van der Waals surface area contributed by atoms with Gasteiger partial charge in [0.25, 0.3) is 5.91 Å². The maximum absolute atomic E-state index is 13.0. The van der Waals surface area contributed by atoms with Crippen LogP contribution in [0, 0.1) is 6.92 Å². The van der Waals surface area contributed by atoms with Crippen LogP contribution in [0.5, 0.6) is 5.75 Å². The molecule has 0 aliphatic carbocycles. The molecule has 1 heterocycles. The molecule has 0 bridgehead atoms. The van der Waals surface area contributed by atoms with Crippen LogP contribution in [0.1, 0.15) is 18.1 Å². The van der Waals surface area contributed by atoms with Crippen LogP contribution in [-0.2, 0) is 15.1 Å². The molecule has 4 amide bonds. The number of aryl methyl sites for hydroxylation is 1. The van der Waals surface area contributed by atoms with E-state index >= 15 is 0 Å². The van der Waals surface area contributed by atoms with E-state index in [1.54, 1.807) is 56.5 Å². The zero-order valence-corrected chi connectivity index (χ0v) is 16.5. The summed E-state index contributed by atoms with van der Waals surface area (Å²) < 4.78 is 5.24. The third kappa shape index (κ3) is 3.66. The van der Waals surface area contributed by atoms with Gasteiger partial charge in [-0.2, -0.15) is 0 Å². The summed E-state index contributed by atoms with van der Waals surface area (Å²) >= 11 is 5.90. The number of urea groups is 1. The molecule has 1 saturated heterocycles. The predicted molar refractivity (Wildman–Crippen MR) is 105 cm³/mol. The zero-order chi connectivity index (χ0) is 20.5. The Hall–Kier alpha value is -3.06. The number of rotatable bonds is 5. The molecule has 1 aliphatic rings.